The van der Waals surface area contributed by atoms with Crippen LogP contribution in [0.2, 0.25) is 5.02 Å². The van der Waals surface area contributed by atoms with Gasteiger partial charge in [0, 0.05) is 21.7 Å². The van der Waals surface area contributed by atoms with E-state index in [-0.39, 0.29) is 11.7 Å². The average molecular weight is 567 g/mol. The van der Waals surface area contributed by atoms with Gasteiger partial charge >= 0.3 is 5.97 Å². The van der Waals surface area contributed by atoms with Gasteiger partial charge in [0.05, 0.1) is 23.7 Å². The number of halogens is 1. The summed E-state index contributed by atoms with van der Waals surface area (Å²) in [6.07, 6.45) is 0. The molecule has 0 radical (unpaired) electrons. The largest absolute Gasteiger partial charge is 0.461 e. The standard InChI is InChI=1S/C32H27ClN4O2S/c1-4-39-31(38)30-35-37(25-18-16-23(33)17-19-25)32(40-30)28-13-9-8-12-26(28)29(27-20-21(2)14-15-22(27)3)34-36(32)24-10-6-5-7-11-24/h5-20H,4H2,1-3H3. The van der Waals surface area contributed by atoms with Crippen LogP contribution in [0.3, 0.4) is 0 Å². The van der Waals surface area contributed by atoms with E-state index in [4.69, 9.17) is 26.5 Å². The summed E-state index contributed by atoms with van der Waals surface area (Å²) in [6, 6.07) is 32.0. The number of carbonyl (C=O) groups excluding carboxylic acids is 1. The Morgan fingerprint density at radius 3 is 2.27 bits per heavy atom. The number of esters is 1. The van der Waals surface area contributed by atoms with Gasteiger partial charge in [0.25, 0.3) is 0 Å². The van der Waals surface area contributed by atoms with Crippen LogP contribution in [-0.4, -0.2) is 23.3 Å². The second kappa shape index (κ2) is 10.5. The van der Waals surface area contributed by atoms with Crippen LogP contribution in [0.15, 0.2) is 107 Å². The number of aryl methyl sites for hydroxylation is 2. The van der Waals surface area contributed by atoms with Crippen molar-refractivity contribution in [2.45, 2.75) is 25.8 Å². The number of para-hydroxylation sites is 1. The lowest BCUT2D eigenvalue weighted by molar-refractivity contribution is -0.134. The summed E-state index contributed by atoms with van der Waals surface area (Å²) in [5.74, 6) is -0.474. The Kier molecular flexibility index (Phi) is 6.86. The average Bonchev–Trinajstić information content (AvgIpc) is 3.37. The van der Waals surface area contributed by atoms with Crippen molar-refractivity contribution >= 4 is 51.5 Å². The number of fused-ring (bicyclic) bond motifs is 2. The predicted octanol–water partition coefficient (Wildman–Crippen LogP) is 7.47. The topological polar surface area (TPSA) is 57.5 Å². The molecule has 2 aliphatic rings. The lowest BCUT2D eigenvalue weighted by Gasteiger charge is -2.47. The summed E-state index contributed by atoms with van der Waals surface area (Å²) < 4.78 is 5.42. The van der Waals surface area contributed by atoms with Gasteiger partial charge in [-0.15, -0.1) is 0 Å². The minimum absolute atomic E-state index is 0.248. The van der Waals surface area contributed by atoms with Gasteiger partial charge in [0.1, 0.15) is 0 Å². The number of ether oxygens (including phenoxy) is 1. The third kappa shape index (κ3) is 4.35. The summed E-state index contributed by atoms with van der Waals surface area (Å²) in [6.45, 7) is 6.23. The first-order valence-electron chi connectivity index (χ1n) is 13.0. The van der Waals surface area contributed by atoms with Gasteiger partial charge in [-0.05, 0) is 80.6 Å². The summed E-state index contributed by atoms with van der Waals surface area (Å²) in [4.78, 5) is 12.1. The Balaban J connectivity index is 1.66. The number of rotatable bonds is 5. The monoisotopic (exact) mass is 566 g/mol. The Bertz CT molecular complexity index is 1660. The normalized spacial score (nSPS) is 17.9. The number of hydrogen-bond donors (Lipinski definition) is 0. The molecule has 6 nitrogen and oxygen atoms in total. The molecule has 0 amide bonds. The summed E-state index contributed by atoms with van der Waals surface area (Å²) in [5, 5.41) is 14.9. The number of benzene rings is 4. The van der Waals surface area contributed by atoms with Crippen molar-refractivity contribution < 1.29 is 9.53 Å². The molecule has 0 bridgehead atoms. The third-order valence-corrected chi connectivity index (χ3v) is 8.45. The lowest BCUT2D eigenvalue weighted by Crippen LogP contribution is -2.54. The van der Waals surface area contributed by atoms with Crippen LogP contribution in [-0.2, 0) is 14.5 Å². The van der Waals surface area contributed by atoms with Crippen molar-refractivity contribution in [1.29, 1.82) is 0 Å². The van der Waals surface area contributed by atoms with Gasteiger partial charge in [0.15, 0.2) is 0 Å². The van der Waals surface area contributed by atoms with Crippen LogP contribution >= 0.6 is 23.4 Å². The third-order valence-electron chi connectivity index (χ3n) is 6.91. The quantitative estimate of drug-likeness (QED) is 0.235. The van der Waals surface area contributed by atoms with E-state index in [1.165, 1.54) is 11.8 Å². The van der Waals surface area contributed by atoms with Crippen LogP contribution in [0.5, 0.6) is 0 Å². The van der Waals surface area contributed by atoms with Crippen molar-refractivity contribution in [2.75, 3.05) is 16.6 Å². The molecule has 4 aromatic rings. The molecule has 0 aliphatic carbocycles. The molecule has 0 saturated heterocycles. The van der Waals surface area contributed by atoms with Crippen molar-refractivity contribution in [1.82, 2.24) is 0 Å². The van der Waals surface area contributed by atoms with Gasteiger partial charge in [-0.25, -0.2) is 14.8 Å². The van der Waals surface area contributed by atoms with Crippen molar-refractivity contribution in [3.05, 3.63) is 130 Å². The Hall–Kier alpha value is -4.07. The van der Waals surface area contributed by atoms with Gasteiger partial charge in [0.2, 0.25) is 10.0 Å². The highest BCUT2D eigenvalue weighted by Gasteiger charge is 2.56. The minimum atomic E-state index is -1.06. The van der Waals surface area contributed by atoms with Crippen LogP contribution < -0.4 is 10.0 Å². The first-order valence-corrected chi connectivity index (χ1v) is 14.2. The second-order valence-electron chi connectivity index (χ2n) is 9.58. The molecule has 1 unspecified atom stereocenters. The zero-order valence-electron chi connectivity index (χ0n) is 22.3. The number of thioether (sulfide) groups is 1. The van der Waals surface area contributed by atoms with Crippen molar-refractivity contribution in [2.24, 2.45) is 10.2 Å². The van der Waals surface area contributed by atoms with Gasteiger partial charge in [-0.1, -0.05) is 71.8 Å². The van der Waals surface area contributed by atoms with E-state index in [0.717, 1.165) is 44.9 Å². The molecule has 1 atom stereocenters. The SMILES string of the molecule is CCOC(=O)C1=NN(c2ccc(Cl)cc2)C2(S1)c1ccccc1C(c1cc(C)ccc1C)=NN2c1ccccc1. The van der Waals surface area contributed by atoms with Gasteiger partial charge in [-0.2, -0.15) is 10.2 Å². The molecular weight excluding hydrogens is 540 g/mol. The Morgan fingerprint density at radius 2 is 1.52 bits per heavy atom. The van der Waals surface area contributed by atoms with E-state index >= 15 is 0 Å². The number of nitrogens with zero attached hydrogens (tertiary/aromatic N) is 4. The first kappa shape index (κ1) is 26.2. The molecule has 2 aliphatic heterocycles. The maximum atomic E-state index is 13.1. The number of hydrogen-bond acceptors (Lipinski definition) is 7. The molecule has 0 N–H and O–H groups in total. The fraction of sp³-hybridized carbons (Fsp3) is 0.156. The molecule has 4 aromatic carbocycles. The molecular formula is C32H27ClN4O2S. The molecule has 40 heavy (non-hydrogen) atoms. The van der Waals surface area contributed by atoms with Crippen molar-refractivity contribution in [3.63, 3.8) is 0 Å². The Morgan fingerprint density at radius 1 is 0.850 bits per heavy atom. The fourth-order valence-corrected chi connectivity index (χ4v) is 6.46. The zero-order chi connectivity index (χ0) is 27.9. The summed E-state index contributed by atoms with van der Waals surface area (Å²) in [5.41, 5.74) is 7.72. The van der Waals surface area contributed by atoms with Gasteiger partial charge < -0.3 is 4.74 Å². The molecule has 8 heteroatoms. The number of carbonyl (C=O) groups is 1. The predicted molar refractivity (Wildman–Crippen MR) is 164 cm³/mol. The molecule has 2 heterocycles. The Labute approximate surface area is 242 Å². The zero-order valence-corrected chi connectivity index (χ0v) is 23.9. The van der Waals surface area contributed by atoms with Crippen molar-refractivity contribution in [3.8, 4) is 0 Å². The molecule has 6 rings (SSSR count). The van der Waals surface area contributed by atoms with Gasteiger partial charge in [-0.3, -0.25) is 0 Å². The van der Waals surface area contributed by atoms with E-state index in [9.17, 15) is 4.79 Å². The van der Waals surface area contributed by atoms with E-state index < -0.39 is 11.0 Å². The molecule has 0 aromatic heterocycles. The number of anilines is 2. The van der Waals surface area contributed by atoms with E-state index in [0.29, 0.717) is 5.02 Å². The summed E-state index contributed by atoms with van der Waals surface area (Å²) in [7, 11) is 0. The molecule has 1 spiro atoms. The highest BCUT2D eigenvalue weighted by Crippen LogP contribution is 2.55. The van der Waals surface area contributed by atoms with Crippen LogP contribution in [0, 0.1) is 13.8 Å². The molecule has 0 saturated carbocycles. The second-order valence-corrected chi connectivity index (χ2v) is 11.2. The highest BCUT2D eigenvalue weighted by molar-refractivity contribution is 8.16. The van der Waals surface area contributed by atoms with Crippen LogP contribution in [0.1, 0.15) is 34.7 Å². The maximum absolute atomic E-state index is 13.1. The van der Waals surface area contributed by atoms with Crippen LogP contribution in [0.25, 0.3) is 0 Å². The maximum Gasteiger partial charge on any atom is 0.365 e. The fourth-order valence-electron chi connectivity index (χ4n) is 5.05. The number of hydrazone groups is 2. The molecule has 0 fully saturated rings. The lowest BCUT2D eigenvalue weighted by atomic mass is 9.90. The van der Waals surface area contributed by atoms with E-state index in [1.54, 1.807) is 6.92 Å². The smallest absolute Gasteiger partial charge is 0.365 e. The van der Waals surface area contributed by atoms with E-state index in [2.05, 4.69) is 44.2 Å². The summed E-state index contributed by atoms with van der Waals surface area (Å²) >= 11 is 7.60. The minimum Gasteiger partial charge on any atom is -0.461 e. The van der Waals surface area contributed by atoms with Crippen LogP contribution in [0.4, 0.5) is 11.4 Å². The first-order chi connectivity index (χ1) is 19.4. The van der Waals surface area contributed by atoms with E-state index in [1.807, 2.05) is 76.7 Å². The molecule has 200 valence electrons. The highest BCUT2D eigenvalue weighted by atomic mass is 35.5.